The molecule has 2 rings (SSSR count). The number of hydrogen-bond donors (Lipinski definition) is 2. The van der Waals surface area contributed by atoms with Crippen LogP contribution in [0.4, 0.5) is 16.3 Å². The van der Waals surface area contributed by atoms with E-state index in [2.05, 4.69) is 26.2 Å². The van der Waals surface area contributed by atoms with Crippen molar-refractivity contribution in [1.29, 1.82) is 0 Å². The minimum atomic E-state index is -0.0947. The quantitative estimate of drug-likeness (QED) is 0.836. The largest absolute Gasteiger partial charge is 0.397 e. The van der Waals surface area contributed by atoms with Crippen LogP contribution in [0.15, 0.2) is 16.7 Å². The summed E-state index contributed by atoms with van der Waals surface area (Å²) in [4.78, 5) is 17.8. The zero-order chi connectivity index (χ0) is 12.3. The van der Waals surface area contributed by atoms with Crippen molar-refractivity contribution in [2.45, 2.75) is 19.3 Å². The Morgan fingerprint density at radius 2 is 2.12 bits per heavy atom. The molecule has 0 radical (unpaired) electrons. The molecule has 2 heterocycles. The van der Waals surface area contributed by atoms with Crippen molar-refractivity contribution in [1.82, 2.24) is 9.88 Å². The number of carbonyl (C=O) groups excluding carboxylic acids is 1. The van der Waals surface area contributed by atoms with Gasteiger partial charge in [0.2, 0.25) is 0 Å². The van der Waals surface area contributed by atoms with Gasteiger partial charge in [-0.2, -0.15) is 0 Å². The number of hydrogen-bond acceptors (Lipinski definition) is 3. The molecule has 5 nitrogen and oxygen atoms in total. The first kappa shape index (κ1) is 12.2. The topological polar surface area (TPSA) is 71.2 Å². The monoisotopic (exact) mass is 298 g/mol. The number of halogens is 1. The Morgan fingerprint density at radius 1 is 1.41 bits per heavy atom. The number of rotatable bonds is 1. The van der Waals surface area contributed by atoms with Crippen molar-refractivity contribution in [3.8, 4) is 0 Å². The van der Waals surface area contributed by atoms with E-state index in [-0.39, 0.29) is 6.03 Å². The van der Waals surface area contributed by atoms with Crippen LogP contribution in [0.1, 0.15) is 19.3 Å². The molecule has 0 saturated carbocycles. The predicted molar refractivity (Wildman–Crippen MR) is 70.8 cm³/mol. The maximum atomic E-state index is 11.9. The molecule has 92 valence electrons. The van der Waals surface area contributed by atoms with Gasteiger partial charge in [0.25, 0.3) is 0 Å². The van der Waals surface area contributed by atoms with Crippen LogP contribution in [0.3, 0.4) is 0 Å². The van der Waals surface area contributed by atoms with Crippen molar-refractivity contribution in [2.24, 2.45) is 0 Å². The zero-order valence-electron chi connectivity index (χ0n) is 9.45. The SMILES string of the molecule is Nc1cnc(NC(=O)N2CCCCC2)c(Br)c1. The van der Waals surface area contributed by atoms with Crippen molar-refractivity contribution < 1.29 is 4.79 Å². The Balaban J connectivity index is 2.02. The molecule has 3 N–H and O–H groups in total. The molecule has 0 atom stereocenters. The number of anilines is 2. The average molecular weight is 299 g/mol. The third-order valence-corrected chi connectivity index (χ3v) is 3.34. The molecular formula is C11H15BrN4O. The van der Waals surface area contributed by atoms with Gasteiger partial charge >= 0.3 is 6.03 Å². The van der Waals surface area contributed by atoms with Gasteiger partial charge in [-0.05, 0) is 41.3 Å². The Morgan fingerprint density at radius 3 is 2.76 bits per heavy atom. The summed E-state index contributed by atoms with van der Waals surface area (Å²) in [6.07, 6.45) is 4.87. The van der Waals surface area contributed by atoms with Crippen molar-refractivity contribution in [3.05, 3.63) is 16.7 Å². The van der Waals surface area contributed by atoms with E-state index in [1.807, 2.05) is 4.90 Å². The molecule has 17 heavy (non-hydrogen) atoms. The van der Waals surface area contributed by atoms with Gasteiger partial charge in [0.1, 0.15) is 5.82 Å². The van der Waals surface area contributed by atoms with Crippen LogP contribution >= 0.6 is 15.9 Å². The highest BCUT2D eigenvalue weighted by Crippen LogP contribution is 2.22. The molecule has 1 saturated heterocycles. The van der Waals surface area contributed by atoms with E-state index in [9.17, 15) is 4.79 Å². The zero-order valence-corrected chi connectivity index (χ0v) is 11.0. The number of likely N-dealkylation sites (tertiary alicyclic amines) is 1. The number of amides is 2. The first-order chi connectivity index (χ1) is 8.16. The molecule has 0 spiro atoms. The maximum absolute atomic E-state index is 11.9. The van der Waals surface area contributed by atoms with E-state index in [0.717, 1.165) is 25.9 Å². The van der Waals surface area contributed by atoms with Gasteiger partial charge < -0.3 is 10.6 Å². The van der Waals surface area contributed by atoms with Crippen LogP contribution in [-0.2, 0) is 0 Å². The van der Waals surface area contributed by atoms with Gasteiger partial charge in [-0.25, -0.2) is 9.78 Å². The number of nitrogens with two attached hydrogens (primary N) is 1. The number of piperidine rings is 1. The predicted octanol–water partition coefficient (Wildman–Crippen LogP) is 2.44. The van der Waals surface area contributed by atoms with Crippen LogP contribution in [0.2, 0.25) is 0 Å². The Labute approximate surface area is 109 Å². The molecule has 1 aromatic rings. The number of carbonyl (C=O) groups is 1. The second-order valence-electron chi connectivity index (χ2n) is 4.08. The third-order valence-electron chi connectivity index (χ3n) is 2.73. The van der Waals surface area contributed by atoms with E-state index in [4.69, 9.17) is 5.73 Å². The lowest BCUT2D eigenvalue weighted by Crippen LogP contribution is -2.38. The van der Waals surface area contributed by atoms with Crippen molar-refractivity contribution in [3.63, 3.8) is 0 Å². The lowest BCUT2D eigenvalue weighted by molar-refractivity contribution is 0.200. The molecule has 0 bridgehead atoms. The maximum Gasteiger partial charge on any atom is 0.323 e. The number of urea groups is 1. The molecular weight excluding hydrogens is 284 g/mol. The molecule has 1 aliphatic heterocycles. The average Bonchev–Trinajstić information content (AvgIpc) is 2.34. The minimum absolute atomic E-state index is 0.0947. The van der Waals surface area contributed by atoms with Gasteiger partial charge in [-0.15, -0.1) is 0 Å². The normalized spacial score (nSPS) is 15.7. The van der Waals surface area contributed by atoms with Crippen molar-refractivity contribution in [2.75, 3.05) is 24.1 Å². The van der Waals surface area contributed by atoms with Gasteiger partial charge in [0, 0.05) is 13.1 Å². The number of pyridine rings is 1. The fourth-order valence-corrected chi connectivity index (χ4v) is 2.29. The molecule has 6 heteroatoms. The van der Waals surface area contributed by atoms with E-state index in [1.165, 1.54) is 12.6 Å². The van der Waals surface area contributed by atoms with E-state index in [1.54, 1.807) is 6.07 Å². The van der Waals surface area contributed by atoms with Crippen LogP contribution < -0.4 is 11.1 Å². The molecule has 2 amide bonds. The molecule has 0 aliphatic carbocycles. The number of nitrogens with one attached hydrogen (secondary N) is 1. The van der Waals surface area contributed by atoms with Crippen molar-refractivity contribution >= 4 is 33.5 Å². The molecule has 0 unspecified atom stereocenters. The standard InChI is InChI=1S/C11H15BrN4O/c12-9-6-8(13)7-14-10(9)15-11(17)16-4-2-1-3-5-16/h6-7H,1-5,13H2,(H,14,15,17). The lowest BCUT2D eigenvalue weighted by atomic mass is 10.1. The number of aromatic nitrogens is 1. The molecule has 0 aromatic carbocycles. The highest BCUT2D eigenvalue weighted by atomic mass is 79.9. The summed E-state index contributed by atoms with van der Waals surface area (Å²) in [7, 11) is 0. The summed E-state index contributed by atoms with van der Waals surface area (Å²) in [5.41, 5.74) is 6.15. The van der Waals surface area contributed by atoms with Gasteiger partial charge in [0.15, 0.2) is 0 Å². The summed E-state index contributed by atoms with van der Waals surface area (Å²) in [5.74, 6) is 0.509. The summed E-state index contributed by atoms with van der Waals surface area (Å²) >= 11 is 3.32. The smallest absolute Gasteiger partial charge is 0.323 e. The summed E-state index contributed by atoms with van der Waals surface area (Å²) in [6, 6.07) is 1.63. The highest BCUT2D eigenvalue weighted by Gasteiger charge is 2.17. The summed E-state index contributed by atoms with van der Waals surface area (Å²) in [5, 5.41) is 2.78. The second-order valence-corrected chi connectivity index (χ2v) is 4.93. The Hall–Kier alpha value is -1.30. The van der Waals surface area contributed by atoms with Gasteiger partial charge in [-0.1, -0.05) is 0 Å². The third kappa shape index (κ3) is 3.09. The molecule has 1 aliphatic rings. The van der Waals surface area contributed by atoms with E-state index in [0.29, 0.717) is 16.0 Å². The highest BCUT2D eigenvalue weighted by molar-refractivity contribution is 9.10. The fourth-order valence-electron chi connectivity index (χ4n) is 1.82. The number of nitrogen functional groups attached to an aromatic ring is 1. The van der Waals surface area contributed by atoms with E-state index < -0.39 is 0 Å². The summed E-state index contributed by atoms with van der Waals surface area (Å²) < 4.78 is 0.697. The summed E-state index contributed by atoms with van der Waals surface area (Å²) in [6.45, 7) is 1.64. The molecule has 1 aromatic heterocycles. The van der Waals surface area contributed by atoms with Crippen LogP contribution in [0, 0.1) is 0 Å². The van der Waals surface area contributed by atoms with Gasteiger partial charge in [-0.3, -0.25) is 5.32 Å². The Kier molecular flexibility index (Phi) is 3.83. The van der Waals surface area contributed by atoms with Gasteiger partial charge in [0.05, 0.1) is 16.4 Å². The molecule has 1 fully saturated rings. The van der Waals surface area contributed by atoms with Crippen LogP contribution in [0.25, 0.3) is 0 Å². The van der Waals surface area contributed by atoms with Crippen LogP contribution in [0.5, 0.6) is 0 Å². The number of nitrogens with zero attached hydrogens (tertiary/aromatic N) is 2. The fraction of sp³-hybridized carbons (Fsp3) is 0.455. The first-order valence-corrected chi connectivity index (χ1v) is 6.43. The van der Waals surface area contributed by atoms with Crippen LogP contribution in [-0.4, -0.2) is 29.0 Å². The minimum Gasteiger partial charge on any atom is -0.397 e. The lowest BCUT2D eigenvalue weighted by Gasteiger charge is -2.26. The van der Waals surface area contributed by atoms with E-state index >= 15 is 0 Å². The Bertz CT molecular complexity index is 418. The first-order valence-electron chi connectivity index (χ1n) is 5.64. The second kappa shape index (κ2) is 5.35.